The Hall–Kier alpha value is -3.38. The topological polar surface area (TPSA) is 59.8 Å². The van der Waals surface area contributed by atoms with Crippen molar-refractivity contribution in [3.05, 3.63) is 90.0 Å². The van der Waals surface area contributed by atoms with Gasteiger partial charge >= 0.3 is 0 Å². The summed E-state index contributed by atoms with van der Waals surface area (Å²) < 4.78 is 2.01. The summed E-state index contributed by atoms with van der Waals surface area (Å²) in [6.45, 7) is 4.14. The fourth-order valence-corrected chi connectivity index (χ4v) is 4.16. The van der Waals surface area contributed by atoms with Crippen LogP contribution >= 0.6 is 11.8 Å². The predicted molar refractivity (Wildman–Crippen MR) is 127 cm³/mol. The molecular formula is C25H24N4OS. The number of nitrogens with zero attached hydrogens (tertiary/aromatic N) is 3. The lowest BCUT2D eigenvalue weighted by Gasteiger charge is -2.12. The van der Waals surface area contributed by atoms with Crippen LogP contribution in [-0.4, -0.2) is 26.4 Å². The van der Waals surface area contributed by atoms with Crippen molar-refractivity contribution >= 4 is 23.4 Å². The molecule has 6 heteroatoms. The first kappa shape index (κ1) is 20.9. The molecule has 31 heavy (non-hydrogen) atoms. The Morgan fingerprint density at radius 2 is 1.74 bits per heavy atom. The van der Waals surface area contributed by atoms with Crippen molar-refractivity contribution in [2.45, 2.75) is 25.4 Å². The minimum Gasteiger partial charge on any atom is -0.325 e. The highest BCUT2D eigenvalue weighted by Gasteiger charge is 2.17. The third-order valence-electron chi connectivity index (χ3n) is 4.93. The average Bonchev–Trinajstić information content (AvgIpc) is 3.23. The fraction of sp³-hybridized carbons (Fsp3) is 0.160. The molecule has 3 aromatic carbocycles. The van der Waals surface area contributed by atoms with E-state index in [0.29, 0.717) is 5.16 Å². The molecule has 1 aromatic heterocycles. The molecular weight excluding hydrogens is 404 g/mol. The summed E-state index contributed by atoms with van der Waals surface area (Å²) >= 11 is 1.38. The first-order valence-corrected chi connectivity index (χ1v) is 11.2. The zero-order valence-corrected chi connectivity index (χ0v) is 18.4. The monoisotopic (exact) mass is 428 g/mol. The molecule has 1 amide bonds. The SMILES string of the molecule is CCc1ccccc1NC(=O)CSc1nnc(-c2ccccc2)n1-c1cccc(C)c1. The number of thioether (sulfide) groups is 1. The van der Waals surface area contributed by atoms with E-state index in [2.05, 4.69) is 41.5 Å². The van der Waals surface area contributed by atoms with E-state index >= 15 is 0 Å². The standard InChI is InChI=1S/C25H24N4OS/c1-3-19-11-7-8-15-22(19)26-23(30)17-31-25-28-27-24(20-12-5-4-6-13-20)29(25)21-14-9-10-18(2)16-21/h4-16H,3,17H2,1-2H3,(H,26,30). The lowest BCUT2D eigenvalue weighted by atomic mass is 10.1. The Labute approximate surface area is 186 Å². The number of amides is 1. The van der Waals surface area contributed by atoms with Crippen LogP contribution in [0.1, 0.15) is 18.1 Å². The molecule has 0 bridgehead atoms. The smallest absolute Gasteiger partial charge is 0.234 e. The average molecular weight is 429 g/mol. The van der Waals surface area contributed by atoms with Crippen molar-refractivity contribution < 1.29 is 4.79 Å². The fourth-order valence-electron chi connectivity index (χ4n) is 3.40. The van der Waals surface area contributed by atoms with Gasteiger partial charge in [0.1, 0.15) is 0 Å². The molecule has 0 unspecified atom stereocenters. The van der Waals surface area contributed by atoms with Gasteiger partial charge in [-0.25, -0.2) is 0 Å². The largest absolute Gasteiger partial charge is 0.325 e. The normalized spacial score (nSPS) is 10.8. The number of hydrogen-bond donors (Lipinski definition) is 1. The van der Waals surface area contributed by atoms with E-state index in [-0.39, 0.29) is 11.7 Å². The van der Waals surface area contributed by atoms with Crippen molar-refractivity contribution in [3.63, 3.8) is 0 Å². The molecule has 0 aliphatic rings. The van der Waals surface area contributed by atoms with Crippen LogP contribution in [0.25, 0.3) is 17.1 Å². The van der Waals surface area contributed by atoms with Gasteiger partial charge in [0.25, 0.3) is 0 Å². The lowest BCUT2D eigenvalue weighted by Crippen LogP contribution is -2.15. The number of aryl methyl sites for hydroxylation is 2. The van der Waals surface area contributed by atoms with E-state index in [1.165, 1.54) is 11.8 Å². The molecule has 0 saturated heterocycles. The Morgan fingerprint density at radius 1 is 0.968 bits per heavy atom. The van der Waals surface area contributed by atoms with Crippen LogP contribution in [0.15, 0.2) is 84.0 Å². The molecule has 4 aromatic rings. The van der Waals surface area contributed by atoms with Crippen LogP contribution < -0.4 is 5.32 Å². The molecule has 0 fully saturated rings. The maximum Gasteiger partial charge on any atom is 0.234 e. The highest BCUT2D eigenvalue weighted by Crippen LogP contribution is 2.28. The summed E-state index contributed by atoms with van der Waals surface area (Å²) in [5, 5.41) is 12.6. The predicted octanol–water partition coefficient (Wildman–Crippen LogP) is 5.54. The zero-order valence-electron chi connectivity index (χ0n) is 17.6. The number of benzene rings is 3. The molecule has 1 heterocycles. The summed E-state index contributed by atoms with van der Waals surface area (Å²) in [4.78, 5) is 12.6. The van der Waals surface area contributed by atoms with Crippen LogP contribution in [0.3, 0.4) is 0 Å². The van der Waals surface area contributed by atoms with E-state index < -0.39 is 0 Å². The number of anilines is 1. The van der Waals surface area contributed by atoms with Gasteiger partial charge in [-0.05, 0) is 42.7 Å². The van der Waals surface area contributed by atoms with Gasteiger partial charge < -0.3 is 5.32 Å². The maximum absolute atomic E-state index is 12.6. The first-order valence-electron chi connectivity index (χ1n) is 10.2. The zero-order chi connectivity index (χ0) is 21.6. The minimum absolute atomic E-state index is 0.0639. The number of carbonyl (C=O) groups excluding carboxylic acids is 1. The van der Waals surface area contributed by atoms with Gasteiger partial charge in [0.15, 0.2) is 11.0 Å². The van der Waals surface area contributed by atoms with Crippen LogP contribution in [-0.2, 0) is 11.2 Å². The summed E-state index contributed by atoms with van der Waals surface area (Å²) in [5.41, 5.74) is 5.08. The van der Waals surface area contributed by atoms with E-state index in [9.17, 15) is 4.79 Å². The minimum atomic E-state index is -0.0639. The molecule has 156 valence electrons. The maximum atomic E-state index is 12.6. The quantitative estimate of drug-likeness (QED) is 0.393. The summed E-state index contributed by atoms with van der Waals surface area (Å²) in [7, 11) is 0. The number of carbonyl (C=O) groups is 1. The molecule has 0 radical (unpaired) electrons. The number of para-hydroxylation sites is 1. The van der Waals surface area contributed by atoms with Gasteiger partial charge in [0.05, 0.1) is 5.75 Å². The number of aromatic nitrogens is 3. The van der Waals surface area contributed by atoms with Gasteiger partial charge in [0, 0.05) is 16.9 Å². The second kappa shape index (κ2) is 9.62. The number of hydrogen-bond acceptors (Lipinski definition) is 4. The van der Waals surface area contributed by atoms with Crippen molar-refractivity contribution in [1.82, 2.24) is 14.8 Å². The number of nitrogens with one attached hydrogen (secondary N) is 1. The van der Waals surface area contributed by atoms with Crippen molar-refractivity contribution in [1.29, 1.82) is 0 Å². The van der Waals surface area contributed by atoms with E-state index in [4.69, 9.17) is 0 Å². The second-order valence-electron chi connectivity index (χ2n) is 7.19. The van der Waals surface area contributed by atoms with Gasteiger partial charge in [0.2, 0.25) is 5.91 Å². The molecule has 0 atom stereocenters. The molecule has 0 aliphatic carbocycles. The van der Waals surface area contributed by atoms with Crippen molar-refractivity contribution in [2.24, 2.45) is 0 Å². The third kappa shape index (κ3) is 4.86. The van der Waals surface area contributed by atoms with E-state index in [1.807, 2.05) is 71.3 Å². The van der Waals surface area contributed by atoms with Gasteiger partial charge in [-0.2, -0.15) is 0 Å². The molecule has 4 rings (SSSR count). The second-order valence-corrected chi connectivity index (χ2v) is 8.14. The molecule has 5 nitrogen and oxygen atoms in total. The van der Waals surface area contributed by atoms with Crippen LogP contribution in [0.4, 0.5) is 5.69 Å². The molecule has 1 N–H and O–H groups in total. The van der Waals surface area contributed by atoms with Crippen molar-refractivity contribution in [3.8, 4) is 17.1 Å². The molecule has 0 saturated carbocycles. The summed E-state index contributed by atoms with van der Waals surface area (Å²) in [6.07, 6.45) is 0.867. The van der Waals surface area contributed by atoms with Gasteiger partial charge in [-0.1, -0.05) is 79.3 Å². The highest BCUT2D eigenvalue weighted by atomic mass is 32.2. The van der Waals surface area contributed by atoms with E-state index in [1.54, 1.807) is 0 Å². The van der Waals surface area contributed by atoms with Crippen molar-refractivity contribution in [2.75, 3.05) is 11.1 Å². The Balaban J connectivity index is 1.60. The highest BCUT2D eigenvalue weighted by molar-refractivity contribution is 7.99. The Kier molecular flexibility index (Phi) is 6.48. The molecule has 0 aliphatic heterocycles. The van der Waals surface area contributed by atoms with E-state index in [0.717, 1.165) is 40.3 Å². The lowest BCUT2D eigenvalue weighted by molar-refractivity contribution is -0.113. The Bertz CT molecular complexity index is 1190. The van der Waals surface area contributed by atoms with Crippen LogP contribution in [0, 0.1) is 6.92 Å². The van der Waals surface area contributed by atoms with Crippen LogP contribution in [0.5, 0.6) is 0 Å². The molecule has 0 spiro atoms. The number of rotatable bonds is 7. The first-order chi connectivity index (χ1) is 15.2. The van der Waals surface area contributed by atoms with Crippen LogP contribution in [0.2, 0.25) is 0 Å². The van der Waals surface area contributed by atoms with Gasteiger partial charge in [-0.3, -0.25) is 9.36 Å². The third-order valence-corrected chi connectivity index (χ3v) is 5.86. The summed E-state index contributed by atoms with van der Waals surface area (Å²) in [5.74, 6) is 0.938. The van der Waals surface area contributed by atoms with Gasteiger partial charge in [-0.15, -0.1) is 10.2 Å². The Morgan fingerprint density at radius 3 is 2.52 bits per heavy atom. The summed E-state index contributed by atoms with van der Waals surface area (Å²) in [6, 6.07) is 26.1.